The number of hydrogen-bond acceptors (Lipinski definition) is 8. The number of rotatable bonds is 25. The lowest BCUT2D eigenvalue weighted by Gasteiger charge is -2.31. The van der Waals surface area contributed by atoms with Crippen molar-refractivity contribution in [2.24, 2.45) is 23.7 Å². The molecule has 4 aromatic carbocycles. The van der Waals surface area contributed by atoms with Crippen molar-refractivity contribution in [1.82, 2.24) is 10.6 Å². The summed E-state index contributed by atoms with van der Waals surface area (Å²) < 4.78 is 0. The van der Waals surface area contributed by atoms with E-state index < -0.39 is 35.9 Å². The number of phenols is 2. The molecule has 2 amide bonds. The fourth-order valence-electron chi connectivity index (χ4n) is 7.04. The van der Waals surface area contributed by atoms with Gasteiger partial charge in [-0.05, 0) is 84.0 Å². The second kappa shape index (κ2) is 24.3. The zero-order valence-electron chi connectivity index (χ0n) is 34.9. The molecule has 60 heavy (non-hydrogen) atoms. The molecular formula is C48H60N2O8S2. The molecule has 0 aliphatic rings. The van der Waals surface area contributed by atoms with Crippen LogP contribution < -0.4 is 10.6 Å². The summed E-state index contributed by atoms with van der Waals surface area (Å²) in [6, 6.07) is 29.7. The summed E-state index contributed by atoms with van der Waals surface area (Å²) in [5.74, 6) is -3.44. The summed E-state index contributed by atoms with van der Waals surface area (Å²) >= 11 is 0. The van der Waals surface area contributed by atoms with Crippen LogP contribution in [0.4, 0.5) is 0 Å². The molecule has 0 radical (unpaired) electrons. The van der Waals surface area contributed by atoms with Gasteiger partial charge in [-0.1, -0.05) is 147 Å². The Balaban J connectivity index is 1.56. The molecule has 0 aliphatic carbocycles. The van der Waals surface area contributed by atoms with Crippen LogP contribution in [0.3, 0.4) is 0 Å². The second-order valence-corrected chi connectivity index (χ2v) is 18.6. The summed E-state index contributed by atoms with van der Waals surface area (Å²) in [5.41, 5.74) is 3.30. The first-order valence-electron chi connectivity index (χ1n) is 20.8. The van der Waals surface area contributed by atoms with Gasteiger partial charge in [0.15, 0.2) is 0 Å². The van der Waals surface area contributed by atoms with Crippen LogP contribution in [0.25, 0.3) is 0 Å². The monoisotopic (exact) mass is 856 g/mol. The molecule has 10 nitrogen and oxygen atoms in total. The minimum absolute atomic E-state index is 0.00879. The number of carboxylic acids is 2. The first-order chi connectivity index (χ1) is 28.8. The largest absolute Gasteiger partial charge is 0.508 e. The van der Waals surface area contributed by atoms with E-state index in [-0.39, 0.29) is 58.5 Å². The molecule has 0 spiro atoms. The Labute approximate surface area is 362 Å². The van der Waals surface area contributed by atoms with Gasteiger partial charge in [0.1, 0.15) is 23.6 Å². The van der Waals surface area contributed by atoms with Gasteiger partial charge in [0, 0.05) is 35.2 Å². The maximum atomic E-state index is 14.2. The molecule has 0 aliphatic heterocycles. The highest BCUT2D eigenvalue weighted by atomic mass is 33.1. The quantitative estimate of drug-likeness (QED) is 0.0354. The predicted molar refractivity (Wildman–Crippen MR) is 241 cm³/mol. The number of carbonyl (C=O) groups is 4. The van der Waals surface area contributed by atoms with E-state index in [1.807, 2.05) is 60.7 Å². The standard InChI is InChI=1S/C48H60N2O8S2/c1-5-31(3)43(29-37(25-33-13-9-7-10-14-33)45(53)49-41(47(55)56)27-35-17-21-39(51)22-18-35)59-60-44(32(4)6-2)30-38(26-34-15-11-8-12-16-34)46(54)50-42(48(57)58)28-36-19-23-40(52)24-20-36/h7-24,31-32,37-38,41-44,51-52H,5-6,25-30H2,1-4H3,(H,49,53)(H,50,54)(H,55,56)(H,57,58)/t31?,32?,37?,38?,41-,42-,43?,44?/m1/s1. The fourth-order valence-corrected chi connectivity index (χ4v) is 11.2. The normalized spacial score (nSPS) is 15.3. The van der Waals surface area contributed by atoms with Gasteiger partial charge in [0.05, 0.1) is 0 Å². The summed E-state index contributed by atoms with van der Waals surface area (Å²) in [6.07, 6.45) is 3.71. The van der Waals surface area contributed by atoms with E-state index in [0.717, 1.165) is 24.0 Å². The molecule has 6 unspecified atom stereocenters. The average Bonchev–Trinajstić information content (AvgIpc) is 3.24. The first-order valence-corrected chi connectivity index (χ1v) is 23.1. The molecule has 0 saturated carbocycles. The van der Waals surface area contributed by atoms with Crippen molar-refractivity contribution in [3.05, 3.63) is 131 Å². The number of carbonyl (C=O) groups excluding carboxylic acids is 2. The lowest BCUT2D eigenvalue weighted by molar-refractivity contribution is -0.142. The molecule has 0 saturated heterocycles. The molecule has 8 atom stereocenters. The van der Waals surface area contributed by atoms with E-state index >= 15 is 0 Å². The Morgan fingerprint density at radius 2 is 0.817 bits per heavy atom. The third-order valence-corrected chi connectivity index (χ3v) is 15.0. The molecule has 12 heteroatoms. The van der Waals surface area contributed by atoms with Gasteiger partial charge >= 0.3 is 11.9 Å². The maximum Gasteiger partial charge on any atom is 0.326 e. The van der Waals surface area contributed by atoms with Gasteiger partial charge in [-0.25, -0.2) is 9.59 Å². The van der Waals surface area contributed by atoms with Crippen LogP contribution in [-0.2, 0) is 44.9 Å². The van der Waals surface area contributed by atoms with Crippen molar-refractivity contribution in [3.63, 3.8) is 0 Å². The Morgan fingerprint density at radius 3 is 1.12 bits per heavy atom. The Bertz CT molecular complexity index is 1790. The summed E-state index contributed by atoms with van der Waals surface area (Å²) in [5, 5.41) is 45.5. The zero-order valence-corrected chi connectivity index (χ0v) is 36.5. The minimum atomic E-state index is -1.16. The topological polar surface area (TPSA) is 173 Å². The number of phenolic OH excluding ortho intramolecular Hbond substituents is 2. The van der Waals surface area contributed by atoms with Crippen molar-refractivity contribution in [2.75, 3.05) is 0 Å². The Hall–Kier alpha value is -4.94. The van der Waals surface area contributed by atoms with Crippen LogP contribution in [0, 0.1) is 23.7 Å². The van der Waals surface area contributed by atoms with E-state index in [2.05, 4.69) is 38.3 Å². The molecular weight excluding hydrogens is 797 g/mol. The van der Waals surface area contributed by atoms with E-state index in [9.17, 15) is 39.6 Å². The number of nitrogens with one attached hydrogen (secondary N) is 2. The lowest BCUT2D eigenvalue weighted by atomic mass is 9.89. The number of benzene rings is 4. The zero-order chi connectivity index (χ0) is 43.6. The molecule has 0 bridgehead atoms. The molecule has 0 heterocycles. The van der Waals surface area contributed by atoms with Crippen LogP contribution >= 0.6 is 21.6 Å². The van der Waals surface area contributed by atoms with Gasteiger partial charge in [0.25, 0.3) is 0 Å². The average molecular weight is 857 g/mol. The predicted octanol–water partition coefficient (Wildman–Crippen LogP) is 8.73. The third kappa shape index (κ3) is 15.6. The lowest BCUT2D eigenvalue weighted by Crippen LogP contribution is -2.46. The second-order valence-electron chi connectivity index (χ2n) is 15.8. The van der Waals surface area contributed by atoms with Gasteiger partial charge < -0.3 is 31.1 Å². The number of aliphatic carboxylic acids is 2. The van der Waals surface area contributed by atoms with Gasteiger partial charge in [0.2, 0.25) is 11.8 Å². The first kappa shape index (κ1) is 47.7. The number of carboxylic acid groups (broad SMARTS) is 2. The molecule has 4 aromatic rings. The molecule has 0 fully saturated rings. The fraction of sp³-hybridized carbons (Fsp3) is 0.417. The van der Waals surface area contributed by atoms with Crippen LogP contribution in [0.15, 0.2) is 109 Å². The smallest absolute Gasteiger partial charge is 0.326 e. The third-order valence-electron chi connectivity index (χ3n) is 11.3. The number of aromatic hydroxyl groups is 2. The minimum Gasteiger partial charge on any atom is -0.508 e. The summed E-state index contributed by atoms with van der Waals surface area (Å²) in [6.45, 7) is 8.59. The maximum absolute atomic E-state index is 14.2. The molecule has 4 rings (SSSR count). The summed E-state index contributed by atoms with van der Waals surface area (Å²) in [4.78, 5) is 53.2. The van der Waals surface area contributed by atoms with Crippen molar-refractivity contribution in [1.29, 1.82) is 0 Å². The molecule has 322 valence electrons. The van der Waals surface area contributed by atoms with Gasteiger partial charge in [-0.2, -0.15) is 0 Å². The van der Waals surface area contributed by atoms with Crippen molar-refractivity contribution < 1.29 is 39.6 Å². The van der Waals surface area contributed by atoms with E-state index in [1.54, 1.807) is 45.9 Å². The molecule has 0 aromatic heterocycles. The SMILES string of the molecule is CCC(C)C(CC(Cc1ccccc1)C(=O)N[C@H](Cc1ccc(O)cc1)C(=O)O)SSC(CC(Cc1ccccc1)C(=O)N[C@H](Cc1ccc(O)cc1)C(=O)O)C(C)CC. The van der Waals surface area contributed by atoms with Crippen molar-refractivity contribution in [3.8, 4) is 11.5 Å². The van der Waals surface area contributed by atoms with Gasteiger partial charge in [-0.15, -0.1) is 0 Å². The summed E-state index contributed by atoms with van der Waals surface area (Å²) in [7, 11) is 3.45. The van der Waals surface area contributed by atoms with Crippen LogP contribution in [0.2, 0.25) is 0 Å². The van der Waals surface area contributed by atoms with Crippen LogP contribution in [-0.4, -0.2) is 66.8 Å². The van der Waals surface area contributed by atoms with Crippen molar-refractivity contribution >= 4 is 45.3 Å². The van der Waals surface area contributed by atoms with E-state index in [4.69, 9.17) is 0 Å². The molecule has 6 N–H and O–H groups in total. The van der Waals surface area contributed by atoms with Crippen LogP contribution in [0.1, 0.15) is 75.6 Å². The Morgan fingerprint density at radius 1 is 0.500 bits per heavy atom. The van der Waals surface area contributed by atoms with E-state index in [1.165, 1.54) is 24.3 Å². The van der Waals surface area contributed by atoms with Gasteiger partial charge in [-0.3, -0.25) is 9.59 Å². The number of hydrogen-bond donors (Lipinski definition) is 6. The highest BCUT2D eigenvalue weighted by Gasteiger charge is 2.34. The number of amides is 2. The highest BCUT2D eigenvalue weighted by Crippen LogP contribution is 2.44. The van der Waals surface area contributed by atoms with Crippen molar-refractivity contribution in [2.45, 2.75) is 102 Å². The van der Waals surface area contributed by atoms with E-state index in [0.29, 0.717) is 36.8 Å². The van der Waals surface area contributed by atoms with Crippen LogP contribution in [0.5, 0.6) is 11.5 Å². The highest BCUT2D eigenvalue weighted by molar-refractivity contribution is 8.77. The Kier molecular flexibility index (Phi) is 19.4.